The predicted octanol–water partition coefficient (Wildman–Crippen LogP) is 2.36. The number of para-hydroxylation sites is 1. The molecule has 3 aromatic rings. The van der Waals surface area contributed by atoms with E-state index in [9.17, 15) is 14.4 Å². The molecular weight excluding hydrogens is 370 g/mol. The predicted molar refractivity (Wildman–Crippen MR) is 112 cm³/mol. The number of aromatic nitrogens is 2. The van der Waals surface area contributed by atoms with Crippen molar-refractivity contribution in [2.75, 3.05) is 13.2 Å². The first-order chi connectivity index (χ1) is 14.1. The zero-order valence-corrected chi connectivity index (χ0v) is 16.4. The smallest absolute Gasteiger partial charge is 0.328 e. The van der Waals surface area contributed by atoms with Gasteiger partial charge in [-0.2, -0.15) is 0 Å². The summed E-state index contributed by atoms with van der Waals surface area (Å²) in [6.07, 6.45) is 0.856. The third kappa shape index (κ3) is 5.42. The second kappa shape index (κ2) is 9.84. The highest BCUT2D eigenvalue weighted by molar-refractivity contribution is 5.78. The van der Waals surface area contributed by atoms with Gasteiger partial charge in [0.2, 0.25) is 5.91 Å². The van der Waals surface area contributed by atoms with Crippen molar-refractivity contribution in [1.82, 2.24) is 14.9 Å². The Labute approximate surface area is 168 Å². The maximum absolute atomic E-state index is 12.1. The minimum atomic E-state index is -0.509. The largest absolute Gasteiger partial charge is 0.374 e. The van der Waals surface area contributed by atoms with Crippen molar-refractivity contribution in [3.05, 3.63) is 81.0 Å². The number of nitrogens with zero attached hydrogens (tertiary/aromatic N) is 1. The molecule has 0 aliphatic carbocycles. The van der Waals surface area contributed by atoms with Gasteiger partial charge >= 0.3 is 5.69 Å². The topological polar surface area (TPSA) is 93.2 Å². The van der Waals surface area contributed by atoms with E-state index in [1.54, 1.807) is 24.3 Å². The molecule has 0 fully saturated rings. The van der Waals surface area contributed by atoms with Crippen LogP contribution < -0.4 is 16.6 Å². The van der Waals surface area contributed by atoms with E-state index in [2.05, 4.69) is 10.3 Å². The van der Waals surface area contributed by atoms with E-state index in [0.717, 1.165) is 5.56 Å². The van der Waals surface area contributed by atoms with Crippen LogP contribution >= 0.6 is 0 Å². The SMILES string of the molecule is CC(OCCCNC(=O)CCn1c(=O)[nH]c(=O)c2ccccc21)c1ccccc1. The van der Waals surface area contributed by atoms with Crippen molar-refractivity contribution >= 4 is 16.8 Å². The monoisotopic (exact) mass is 395 g/mol. The lowest BCUT2D eigenvalue weighted by molar-refractivity contribution is -0.121. The highest BCUT2D eigenvalue weighted by Crippen LogP contribution is 2.15. The van der Waals surface area contributed by atoms with Crippen LogP contribution in [0.15, 0.2) is 64.2 Å². The second-order valence-electron chi connectivity index (χ2n) is 6.81. The summed E-state index contributed by atoms with van der Waals surface area (Å²) in [7, 11) is 0. The van der Waals surface area contributed by atoms with Gasteiger partial charge in [0.1, 0.15) is 0 Å². The third-order valence-electron chi connectivity index (χ3n) is 4.75. The summed E-state index contributed by atoms with van der Waals surface area (Å²) in [4.78, 5) is 38.4. The van der Waals surface area contributed by atoms with Crippen LogP contribution in [0.3, 0.4) is 0 Å². The molecule has 1 heterocycles. The molecule has 1 aromatic heterocycles. The van der Waals surface area contributed by atoms with Crippen LogP contribution in [0, 0.1) is 0 Å². The summed E-state index contributed by atoms with van der Waals surface area (Å²) < 4.78 is 7.20. The first-order valence-corrected chi connectivity index (χ1v) is 9.71. The van der Waals surface area contributed by atoms with Gasteiger partial charge in [-0.25, -0.2) is 4.79 Å². The molecule has 29 heavy (non-hydrogen) atoms. The Morgan fingerprint density at radius 3 is 2.62 bits per heavy atom. The minimum Gasteiger partial charge on any atom is -0.374 e. The summed E-state index contributed by atoms with van der Waals surface area (Å²) in [5.74, 6) is -0.150. The molecule has 1 amide bonds. The van der Waals surface area contributed by atoms with Gasteiger partial charge in [-0.15, -0.1) is 0 Å². The van der Waals surface area contributed by atoms with Crippen LogP contribution in [-0.2, 0) is 16.1 Å². The summed E-state index contributed by atoms with van der Waals surface area (Å²) >= 11 is 0. The molecule has 152 valence electrons. The number of ether oxygens (including phenoxy) is 1. The second-order valence-corrected chi connectivity index (χ2v) is 6.81. The molecule has 0 radical (unpaired) electrons. The quantitative estimate of drug-likeness (QED) is 0.544. The molecule has 0 saturated carbocycles. The van der Waals surface area contributed by atoms with Crippen LogP contribution in [0.2, 0.25) is 0 Å². The fourth-order valence-corrected chi connectivity index (χ4v) is 3.15. The molecule has 1 atom stereocenters. The van der Waals surface area contributed by atoms with Crippen LogP contribution in [-0.4, -0.2) is 28.6 Å². The van der Waals surface area contributed by atoms with E-state index in [1.165, 1.54) is 4.57 Å². The van der Waals surface area contributed by atoms with Gasteiger partial charge in [-0.3, -0.25) is 19.1 Å². The van der Waals surface area contributed by atoms with E-state index in [4.69, 9.17) is 4.74 Å². The standard InChI is InChI=1S/C22H25N3O4/c1-16(17-8-3-2-4-9-17)29-15-7-13-23-20(26)12-14-25-19-11-6-5-10-18(19)21(27)24-22(25)28/h2-6,8-11,16H,7,12-15H2,1H3,(H,23,26)(H,24,27,28). The molecule has 0 bridgehead atoms. The third-order valence-corrected chi connectivity index (χ3v) is 4.75. The van der Waals surface area contributed by atoms with E-state index < -0.39 is 11.2 Å². The van der Waals surface area contributed by atoms with Crippen molar-refractivity contribution in [3.63, 3.8) is 0 Å². The van der Waals surface area contributed by atoms with E-state index >= 15 is 0 Å². The fourth-order valence-electron chi connectivity index (χ4n) is 3.15. The maximum Gasteiger partial charge on any atom is 0.328 e. The van der Waals surface area contributed by atoms with Crippen LogP contribution in [0.1, 0.15) is 31.4 Å². The number of nitrogens with one attached hydrogen (secondary N) is 2. The molecule has 7 nitrogen and oxygen atoms in total. The van der Waals surface area contributed by atoms with Gasteiger partial charge in [0.05, 0.1) is 17.0 Å². The number of hydrogen-bond acceptors (Lipinski definition) is 4. The number of H-pyrrole nitrogens is 1. The van der Waals surface area contributed by atoms with E-state index in [0.29, 0.717) is 30.5 Å². The molecule has 2 N–H and O–H groups in total. The summed E-state index contributed by atoms with van der Waals surface area (Å²) in [6, 6.07) is 16.8. The number of aryl methyl sites for hydroxylation is 1. The van der Waals surface area contributed by atoms with Crippen molar-refractivity contribution in [1.29, 1.82) is 0 Å². The summed E-state index contributed by atoms with van der Waals surface area (Å²) in [6.45, 7) is 3.24. The Balaban J connectivity index is 1.44. The summed E-state index contributed by atoms with van der Waals surface area (Å²) in [5.41, 5.74) is 0.716. The number of carbonyl (C=O) groups excluding carboxylic acids is 1. The molecule has 0 aliphatic heterocycles. The Kier molecular flexibility index (Phi) is 6.97. The van der Waals surface area contributed by atoms with Crippen LogP contribution in [0.25, 0.3) is 10.9 Å². The molecule has 7 heteroatoms. The lowest BCUT2D eigenvalue weighted by Crippen LogP contribution is -2.32. The number of hydrogen-bond donors (Lipinski definition) is 2. The maximum atomic E-state index is 12.1. The lowest BCUT2D eigenvalue weighted by Gasteiger charge is -2.13. The normalized spacial score (nSPS) is 12.0. The van der Waals surface area contributed by atoms with Gasteiger partial charge in [0.15, 0.2) is 0 Å². The zero-order valence-electron chi connectivity index (χ0n) is 16.4. The molecule has 0 aliphatic rings. The minimum absolute atomic E-state index is 0.00675. The van der Waals surface area contributed by atoms with Crippen molar-refractivity contribution in [2.24, 2.45) is 0 Å². The number of fused-ring (bicyclic) bond motifs is 1. The molecule has 0 spiro atoms. The Morgan fingerprint density at radius 2 is 1.83 bits per heavy atom. The van der Waals surface area contributed by atoms with Gasteiger partial charge in [-0.1, -0.05) is 42.5 Å². The number of amides is 1. The number of rotatable bonds is 9. The van der Waals surface area contributed by atoms with Gasteiger partial charge < -0.3 is 10.1 Å². The number of aromatic amines is 1. The van der Waals surface area contributed by atoms with E-state index in [-0.39, 0.29) is 25.0 Å². The van der Waals surface area contributed by atoms with Gasteiger partial charge in [-0.05, 0) is 31.0 Å². The molecule has 3 rings (SSSR count). The average molecular weight is 395 g/mol. The van der Waals surface area contributed by atoms with Crippen molar-refractivity contribution in [2.45, 2.75) is 32.4 Å². The molecular formula is C22H25N3O4. The zero-order chi connectivity index (χ0) is 20.6. The average Bonchev–Trinajstić information content (AvgIpc) is 2.74. The van der Waals surface area contributed by atoms with Gasteiger partial charge in [0.25, 0.3) is 5.56 Å². The molecule has 2 aromatic carbocycles. The fraction of sp³-hybridized carbons (Fsp3) is 0.318. The Bertz CT molecular complexity index is 1070. The van der Waals surface area contributed by atoms with Gasteiger partial charge in [0, 0.05) is 26.1 Å². The number of benzene rings is 2. The lowest BCUT2D eigenvalue weighted by atomic mass is 10.1. The highest BCUT2D eigenvalue weighted by atomic mass is 16.5. The molecule has 1 unspecified atom stereocenters. The first kappa shape index (κ1) is 20.5. The van der Waals surface area contributed by atoms with E-state index in [1.807, 2.05) is 37.3 Å². The first-order valence-electron chi connectivity index (χ1n) is 9.71. The van der Waals surface area contributed by atoms with Crippen LogP contribution in [0.4, 0.5) is 0 Å². The Morgan fingerprint density at radius 1 is 1.10 bits per heavy atom. The highest BCUT2D eigenvalue weighted by Gasteiger charge is 2.09. The summed E-state index contributed by atoms with van der Waals surface area (Å²) in [5, 5.41) is 3.27. The Hall–Kier alpha value is -3.19. The molecule has 0 saturated heterocycles. The number of carbonyl (C=O) groups is 1. The van der Waals surface area contributed by atoms with Crippen molar-refractivity contribution < 1.29 is 9.53 Å². The van der Waals surface area contributed by atoms with Crippen molar-refractivity contribution in [3.8, 4) is 0 Å². The van der Waals surface area contributed by atoms with Crippen LogP contribution in [0.5, 0.6) is 0 Å².